The van der Waals surface area contributed by atoms with E-state index in [-0.39, 0.29) is 5.41 Å². The quantitative estimate of drug-likeness (QED) is 0.816. The van der Waals surface area contributed by atoms with Crippen LogP contribution in [0.1, 0.15) is 58.6 Å². The maximum atomic E-state index is 10.5. The van der Waals surface area contributed by atoms with Gasteiger partial charge in [0.25, 0.3) is 0 Å². The Bertz CT molecular complexity index is 343. The van der Waals surface area contributed by atoms with E-state index in [9.17, 15) is 5.11 Å². The standard InChI is InChI=1S/C15H24O/c1-6-15(16,7-2)13-10-8-9-12(11-13)14(3,4)5/h8-11,16H,6-7H2,1-5H3. The second-order valence-electron chi connectivity index (χ2n) is 5.57. The first-order chi connectivity index (χ1) is 7.33. The van der Waals surface area contributed by atoms with E-state index in [0.717, 1.165) is 18.4 Å². The van der Waals surface area contributed by atoms with Gasteiger partial charge in [-0.1, -0.05) is 58.9 Å². The first-order valence-corrected chi connectivity index (χ1v) is 6.17. The summed E-state index contributed by atoms with van der Waals surface area (Å²) in [5.41, 5.74) is 1.80. The Morgan fingerprint density at radius 1 is 1.00 bits per heavy atom. The molecule has 0 saturated heterocycles. The van der Waals surface area contributed by atoms with Gasteiger partial charge in [-0.05, 0) is 29.4 Å². The molecule has 1 rings (SSSR count). The van der Waals surface area contributed by atoms with Gasteiger partial charge in [0.2, 0.25) is 0 Å². The van der Waals surface area contributed by atoms with E-state index in [1.165, 1.54) is 5.56 Å². The molecule has 0 aliphatic heterocycles. The third-order valence-corrected chi connectivity index (χ3v) is 3.44. The summed E-state index contributed by atoms with van der Waals surface area (Å²) < 4.78 is 0. The van der Waals surface area contributed by atoms with Crippen LogP contribution < -0.4 is 0 Å². The van der Waals surface area contributed by atoms with Crippen LogP contribution in [-0.4, -0.2) is 5.11 Å². The summed E-state index contributed by atoms with van der Waals surface area (Å²) in [6.45, 7) is 10.7. The van der Waals surface area contributed by atoms with Crippen molar-refractivity contribution in [2.24, 2.45) is 0 Å². The Morgan fingerprint density at radius 2 is 1.50 bits per heavy atom. The number of benzene rings is 1. The third kappa shape index (κ3) is 2.65. The number of hydrogen-bond donors (Lipinski definition) is 1. The number of rotatable bonds is 3. The molecule has 0 aromatic heterocycles. The Balaban J connectivity index is 3.17. The SMILES string of the molecule is CCC(O)(CC)c1cccc(C(C)(C)C)c1. The Morgan fingerprint density at radius 3 is 1.94 bits per heavy atom. The Kier molecular flexibility index (Phi) is 3.80. The van der Waals surface area contributed by atoms with Crippen LogP contribution in [0.15, 0.2) is 24.3 Å². The van der Waals surface area contributed by atoms with E-state index < -0.39 is 5.60 Å². The highest BCUT2D eigenvalue weighted by atomic mass is 16.3. The normalized spacial score (nSPS) is 12.9. The van der Waals surface area contributed by atoms with Crippen molar-refractivity contribution in [3.63, 3.8) is 0 Å². The summed E-state index contributed by atoms with van der Waals surface area (Å²) in [7, 11) is 0. The van der Waals surface area contributed by atoms with Crippen LogP contribution in [0, 0.1) is 0 Å². The summed E-state index contributed by atoms with van der Waals surface area (Å²) in [5.74, 6) is 0. The minimum absolute atomic E-state index is 0.137. The zero-order valence-electron chi connectivity index (χ0n) is 11.2. The molecule has 0 amide bonds. The van der Waals surface area contributed by atoms with Crippen LogP contribution in [-0.2, 0) is 11.0 Å². The molecule has 0 aliphatic carbocycles. The van der Waals surface area contributed by atoms with Gasteiger partial charge in [0.1, 0.15) is 0 Å². The first kappa shape index (κ1) is 13.2. The lowest BCUT2D eigenvalue weighted by molar-refractivity contribution is 0.0282. The summed E-state index contributed by atoms with van der Waals surface area (Å²) in [6.07, 6.45) is 1.52. The van der Waals surface area contributed by atoms with Gasteiger partial charge >= 0.3 is 0 Å². The summed E-state index contributed by atoms with van der Waals surface area (Å²) in [4.78, 5) is 0. The molecule has 0 fully saturated rings. The van der Waals surface area contributed by atoms with Crippen molar-refractivity contribution in [1.82, 2.24) is 0 Å². The van der Waals surface area contributed by atoms with E-state index in [2.05, 4.69) is 32.9 Å². The molecule has 1 aromatic carbocycles. The zero-order chi connectivity index (χ0) is 12.4. The molecule has 1 N–H and O–H groups in total. The molecule has 1 aromatic rings. The molecule has 1 heteroatoms. The maximum Gasteiger partial charge on any atom is 0.0891 e. The molecule has 1 nitrogen and oxygen atoms in total. The fraction of sp³-hybridized carbons (Fsp3) is 0.600. The lowest BCUT2D eigenvalue weighted by Crippen LogP contribution is -2.24. The highest BCUT2D eigenvalue weighted by Crippen LogP contribution is 2.31. The molecule has 90 valence electrons. The largest absolute Gasteiger partial charge is 0.385 e. The number of aliphatic hydroxyl groups is 1. The molecule has 0 bridgehead atoms. The van der Waals surface area contributed by atoms with Crippen LogP contribution in [0.4, 0.5) is 0 Å². The van der Waals surface area contributed by atoms with Crippen LogP contribution in [0.3, 0.4) is 0 Å². The van der Waals surface area contributed by atoms with Crippen LogP contribution in [0.2, 0.25) is 0 Å². The van der Waals surface area contributed by atoms with Gasteiger partial charge in [0.05, 0.1) is 5.60 Å². The molecule has 16 heavy (non-hydrogen) atoms. The highest BCUT2D eigenvalue weighted by Gasteiger charge is 2.26. The van der Waals surface area contributed by atoms with Gasteiger partial charge in [-0.25, -0.2) is 0 Å². The van der Waals surface area contributed by atoms with Crippen molar-refractivity contribution in [3.8, 4) is 0 Å². The van der Waals surface area contributed by atoms with E-state index in [1.54, 1.807) is 0 Å². The van der Waals surface area contributed by atoms with E-state index >= 15 is 0 Å². The van der Waals surface area contributed by atoms with Crippen molar-refractivity contribution < 1.29 is 5.11 Å². The van der Waals surface area contributed by atoms with Crippen molar-refractivity contribution in [2.75, 3.05) is 0 Å². The summed E-state index contributed by atoms with van der Waals surface area (Å²) >= 11 is 0. The molecule has 0 saturated carbocycles. The first-order valence-electron chi connectivity index (χ1n) is 6.17. The highest BCUT2D eigenvalue weighted by molar-refractivity contribution is 5.32. The second kappa shape index (κ2) is 4.58. The van der Waals surface area contributed by atoms with Gasteiger partial charge in [-0.3, -0.25) is 0 Å². The van der Waals surface area contributed by atoms with E-state index in [0.29, 0.717) is 0 Å². The zero-order valence-corrected chi connectivity index (χ0v) is 11.2. The molecule has 0 aliphatic rings. The van der Waals surface area contributed by atoms with Crippen molar-refractivity contribution >= 4 is 0 Å². The maximum absolute atomic E-state index is 10.5. The molecule has 0 radical (unpaired) electrons. The van der Waals surface area contributed by atoms with Gasteiger partial charge in [0, 0.05) is 0 Å². The predicted molar refractivity (Wildman–Crippen MR) is 69.6 cm³/mol. The minimum atomic E-state index is -0.665. The molecule has 0 spiro atoms. The Hall–Kier alpha value is -0.820. The van der Waals surface area contributed by atoms with Gasteiger partial charge in [0.15, 0.2) is 0 Å². The fourth-order valence-corrected chi connectivity index (χ4v) is 1.93. The lowest BCUT2D eigenvalue weighted by atomic mass is 9.82. The second-order valence-corrected chi connectivity index (χ2v) is 5.57. The fourth-order valence-electron chi connectivity index (χ4n) is 1.93. The van der Waals surface area contributed by atoms with Gasteiger partial charge in [-0.2, -0.15) is 0 Å². The minimum Gasteiger partial charge on any atom is -0.385 e. The average molecular weight is 220 g/mol. The molecule has 0 heterocycles. The number of hydrogen-bond acceptors (Lipinski definition) is 1. The molecular formula is C15H24O. The summed E-state index contributed by atoms with van der Waals surface area (Å²) in [6, 6.07) is 8.36. The predicted octanol–water partition coefficient (Wildman–Crippen LogP) is 3.99. The third-order valence-electron chi connectivity index (χ3n) is 3.44. The molecule has 0 unspecified atom stereocenters. The van der Waals surface area contributed by atoms with Gasteiger partial charge < -0.3 is 5.11 Å². The van der Waals surface area contributed by atoms with E-state index in [4.69, 9.17) is 0 Å². The Labute approximate surface area is 99.5 Å². The lowest BCUT2D eigenvalue weighted by Gasteiger charge is -2.28. The molecular weight excluding hydrogens is 196 g/mol. The van der Waals surface area contributed by atoms with Crippen molar-refractivity contribution in [2.45, 2.75) is 58.5 Å². The molecule has 0 atom stereocenters. The van der Waals surface area contributed by atoms with Crippen LogP contribution >= 0.6 is 0 Å². The van der Waals surface area contributed by atoms with Gasteiger partial charge in [-0.15, -0.1) is 0 Å². The topological polar surface area (TPSA) is 20.2 Å². The summed E-state index contributed by atoms with van der Waals surface area (Å²) in [5, 5.41) is 10.5. The van der Waals surface area contributed by atoms with Crippen molar-refractivity contribution in [3.05, 3.63) is 35.4 Å². The smallest absolute Gasteiger partial charge is 0.0891 e. The van der Waals surface area contributed by atoms with E-state index in [1.807, 2.05) is 26.0 Å². The van der Waals surface area contributed by atoms with Crippen LogP contribution in [0.25, 0.3) is 0 Å². The average Bonchev–Trinajstić information content (AvgIpc) is 2.27. The monoisotopic (exact) mass is 220 g/mol. The van der Waals surface area contributed by atoms with Crippen molar-refractivity contribution in [1.29, 1.82) is 0 Å². The van der Waals surface area contributed by atoms with Crippen LogP contribution in [0.5, 0.6) is 0 Å².